The maximum absolute atomic E-state index is 14.7. The first-order valence-electron chi connectivity index (χ1n) is 11.5. The van der Waals surface area contributed by atoms with Crippen LogP contribution in [0.25, 0.3) is 27.7 Å². The van der Waals surface area contributed by atoms with Crippen molar-refractivity contribution in [1.82, 2.24) is 34.5 Å². The van der Waals surface area contributed by atoms with Gasteiger partial charge in [-0.25, -0.2) is 26.8 Å². The SMILES string of the molecule is CN1CCC[C@@H](F)C1.N#Cc1nc(N)nn2cc(F)c(-c3ccc4nnn(C5CC(F)(F)C5)c4c3)c12. The second-order valence-corrected chi connectivity index (χ2v) is 9.23. The van der Waals surface area contributed by atoms with Gasteiger partial charge in [-0.3, -0.25) is 0 Å². The molecule has 0 unspecified atom stereocenters. The second-order valence-electron chi connectivity index (χ2n) is 9.23. The third-order valence-corrected chi connectivity index (χ3v) is 6.45. The molecule has 2 aliphatic rings. The number of alkyl halides is 3. The van der Waals surface area contributed by atoms with Crippen LogP contribution in [0.4, 0.5) is 23.5 Å². The minimum Gasteiger partial charge on any atom is -0.367 e. The molecule has 3 aromatic heterocycles. The summed E-state index contributed by atoms with van der Waals surface area (Å²) in [5.74, 6) is -3.48. The largest absolute Gasteiger partial charge is 0.367 e. The van der Waals surface area contributed by atoms with Gasteiger partial charge in [0.2, 0.25) is 5.95 Å². The van der Waals surface area contributed by atoms with E-state index in [2.05, 4.69) is 20.4 Å². The number of likely N-dealkylation sites (tertiary alicyclic amines) is 1. The molecule has 1 aromatic carbocycles. The molecule has 1 saturated heterocycles. The maximum Gasteiger partial charge on any atom is 0.252 e. The number of anilines is 1. The molecule has 188 valence electrons. The molecule has 6 rings (SSSR count). The van der Waals surface area contributed by atoms with Gasteiger partial charge in [0, 0.05) is 24.9 Å². The molecular weight excluding hydrogens is 478 g/mol. The van der Waals surface area contributed by atoms with E-state index >= 15 is 0 Å². The Balaban J connectivity index is 0.000000286. The van der Waals surface area contributed by atoms with Crippen LogP contribution >= 0.6 is 0 Å². The fourth-order valence-electron chi connectivity index (χ4n) is 4.69. The third-order valence-electron chi connectivity index (χ3n) is 6.45. The van der Waals surface area contributed by atoms with E-state index in [0.717, 1.165) is 30.1 Å². The normalized spacial score (nSPS) is 20.1. The van der Waals surface area contributed by atoms with Crippen LogP contribution in [0.5, 0.6) is 0 Å². The van der Waals surface area contributed by atoms with Crippen LogP contribution in [0.1, 0.15) is 37.4 Å². The molecule has 2 N–H and O–H groups in total. The maximum atomic E-state index is 14.7. The minimum atomic E-state index is -2.70. The molecule has 0 amide bonds. The lowest BCUT2D eigenvalue weighted by Crippen LogP contribution is -2.37. The summed E-state index contributed by atoms with van der Waals surface area (Å²) in [5.41, 5.74) is 7.20. The third kappa shape index (κ3) is 4.44. The van der Waals surface area contributed by atoms with Crippen LogP contribution in [-0.4, -0.2) is 66.7 Å². The smallest absolute Gasteiger partial charge is 0.252 e. The first-order chi connectivity index (χ1) is 17.1. The fourth-order valence-corrected chi connectivity index (χ4v) is 4.69. The number of nitrogen functional groups attached to an aromatic ring is 1. The Morgan fingerprint density at radius 2 is 2.03 bits per heavy atom. The summed E-state index contributed by atoms with van der Waals surface area (Å²) in [6.07, 6.45) is 1.71. The number of nitrogens with zero attached hydrogens (tertiary/aromatic N) is 8. The Morgan fingerprint density at radius 1 is 1.25 bits per heavy atom. The molecule has 0 bridgehead atoms. The number of fused-ring (bicyclic) bond motifs is 2. The molecule has 0 radical (unpaired) electrons. The zero-order valence-electron chi connectivity index (χ0n) is 19.4. The summed E-state index contributed by atoms with van der Waals surface area (Å²) in [7, 11) is 1.96. The highest BCUT2D eigenvalue weighted by Crippen LogP contribution is 2.46. The molecule has 9 nitrogen and oxygen atoms in total. The highest BCUT2D eigenvalue weighted by Gasteiger charge is 2.47. The number of aromatic nitrogens is 6. The molecule has 13 heteroatoms. The Morgan fingerprint density at radius 3 is 2.67 bits per heavy atom. The number of nitriles is 1. The van der Waals surface area contributed by atoms with Crippen molar-refractivity contribution in [2.24, 2.45) is 0 Å². The van der Waals surface area contributed by atoms with Crippen molar-refractivity contribution in [2.75, 3.05) is 25.9 Å². The second kappa shape index (κ2) is 9.02. The summed E-state index contributed by atoms with van der Waals surface area (Å²) in [6.45, 7) is 1.71. The van der Waals surface area contributed by atoms with E-state index in [0.29, 0.717) is 23.1 Å². The monoisotopic (exact) mass is 501 g/mol. The van der Waals surface area contributed by atoms with E-state index in [1.807, 2.05) is 18.0 Å². The van der Waals surface area contributed by atoms with Gasteiger partial charge in [0.25, 0.3) is 5.92 Å². The van der Waals surface area contributed by atoms with Crippen LogP contribution in [0, 0.1) is 17.1 Å². The lowest BCUT2D eigenvalue weighted by Gasteiger charge is -2.34. The van der Waals surface area contributed by atoms with Crippen LogP contribution in [0.2, 0.25) is 0 Å². The average Bonchev–Trinajstić information content (AvgIpc) is 3.36. The van der Waals surface area contributed by atoms with Gasteiger partial charge in [-0.15, -0.1) is 10.2 Å². The van der Waals surface area contributed by atoms with Gasteiger partial charge >= 0.3 is 0 Å². The van der Waals surface area contributed by atoms with Gasteiger partial charge < -0.3 is 10.6 Å². The van der Waals surface area contributed by atoms with E-state index < -0.39 is 24.0 Å². The van der Waals surface area contributed by atoms with Crippen molar-refractivity contribution >= 4 is 22.5 Å². The Bertz CT molecular complexity index is 1460. The van der Waals surface area contributed by atoms with Crippen LogP contribution in [0.15, 0.2) is 24.4 Å². The van der Waals surface area contributed by atoms with Crippen LogP contribution in [0.3, 0.4) is 0 Å². The summed E-state index contributed by atoms with van der Waals surface area (Å²) in [5, 5.41) is 21.2. The minimum absolute atomic E-state index is 0.0724. The quantitative estimate of drug-likeness (QED) is 0.416. The summed E-state index contributed by atoms with van der Waals surface area (Å²) in [6, 6.07) is 6.28. The van der Waals surface area contributed by atoms with Gasteiger partial charge in [0.15, 0.2) is 11.5 Å². The first-order valence-corrected chi connectivity index (χ1v) is 11.5. The lowest BCUT2D eigenvalue weighted by molar-refractivity contribution is -0.106. The van der Waals surface area contributed by atoms with E-state index in [9.17, 15) is 22.8 Å². The fraction of sp³-hybridized carbons (Fsp3) is 0.435. The van der Waals surface area contributed by atoms with Gasteiger partial charge in [-0.05, 0) is 44.1 Å². The molecule has 1 atom stereocenters. The number of hydrogen-bond acceptors (Lipinski definition) is 7. The Labute approximate surface area is 203 Å². The number of rotatable bonds is 2. The zero-order valence-corrected chi connectivity index (χ0v) is 19.4. The Hall–Kier alpha value is -3.79. The molecule has 1 aliphatic carbocycles. The number of benzene rings is 1. The molecule has 1 aliphatic heterocycles. The molecule has 4 heterocycles. The van der Waals surface area contributed by atoms with Crippen molar-refractivity contribution in [3.8, 4) is 17.2 Å². The van der Waals surface area contributed by atoms with E-state index in [1.54, 1.807) is 18.2 Å². The number of hydrogen-bond donors (Lipinski definition) is 1. The summed E-state index contributed by atoms with van der Waals surface area (Å²) < 4.78 is 56.2. The van der Waals surface area contributed by atoms with Crippen molar-refractivity contribution in [3.63, 3.8) is 0 Å². The average molecular weight is 501 g/mol. The van der Waals surface area contributed by atoms with E-state index in [4.69, 9.17) is 5.73 Å². The summed E-state index contributed by atoms with van der Waals surface area (Å²) >= 11 is 0. The first kappa shape index (κ1) is 23.9. The highest BCUT2D eigenvalue weighted by molar-refractivity contribution is 5.89. The molecular formula is C23H23F4N9. The zero-order chi connectivity index (χ0) is 25.6. The molecule has 4 aromatic rings. The Kier molecular flexibility index (Phi) is 5.99. The van der Waals surface area contributed by atoms with Gasteiger partial charge in [-0.2, -0.15) is 10.2 Å². The van der Waals surface area contributed by atoms with Crippen LogP contribution < -0.4 is 5.73 Å². The van der Waals surface area contributed by atoms with Crippen LogP contribution in [-0.2, 0) is 0 Å². The number of nitrogens with two attached hydrogens (primary N) is 1. The standard InChI is InChI=1S/C17H11F3N8.C6H12FN/c18-10-7-27-15(12(6-21)23-16(22)25-27)14(10)8-1-2-11-13(3-8)28(26-24-11)9-4-17(19,20)5-9;1-8-4-2-3-6(7)5-8/h1-3,7,9H,4-5H2,(H2,22,25);6H,2-5H2,1H3/t;6-/m.1/s1. The number of halogens is 4. The number of piperidine rings is 1. The van der Waals surface area contributed by atoms with Crippen molar-refractivity contribution in [3.05, 3.63) is 35.9 Å². The topological polar surface area (TPSA) is 114 Å². The van der Waals surface area contributed by atoms with Crippen molar-refractivity contribution < 1.29 is 17.6 Å². The summed E-state index contributed by atoms with van der Waals surface area (Å²) in [4.78, 5) is 5.90. The van der Waals surface area contributed by atoms with Gasteiger partial charge in [0.1, 0.15) is 23.3 Å². The van der Waals surface area contributed by atoms with E-state index in [-0.39, 0.29) is 35.6 Å². The van der Waals surface area contributed by atoms with Gasteiger partial charge in [0.05, 0.1) is 17.8 Å². The van der Waals surface area contributed by atoms with Crippen molar-refractivity contribution in [1.29, 1.82) is 5.26 Å². The molecule has 0 spiro atoms. The van der Waals surface area contributed by atoms with E-state index in [1.165, 1.54) is 4.68 Å². The highest BCUT2D eigenvalue weighted by atomic mass is 19.3. The van der Waals surface area contributed by atoms with Gasteiger partial charge in [-0.1, -0.05) is 11.3 Å². The predicted octanol–water partition coefficient (Wildman–Crippen LogP) is 3.75. The molecule has 1 saturated carbocycles. The molecule has 2 fully saturated rings. The van der Waals surface area contributed by atoms with Crippen molar-refractivity contribution in [2.45, 2.75) is 43.8 Å². The lowest BCUT2D eigenvalue weighted by atomic mass is 9.88. The molecule has 36 heavy (non-hydrogen) atoms. The predicted molar refractivity (Wildman–Crippen MR) is 123 cm³/mol.